The molecular formula is C19H19N3O4S. The quantitative estimate of drug-likeness (QED) is 0.679. The van der Waals surface area contributed by atoms with Crippen LogP contribution in [0.25, 0.3) is 21.6 Å². The number of amides is 1. The van der Waals surface area contributed by atoms with Crippen LogP contribution in [-0.2, 0) is 11.3 Å². The zero-order valence-electron chi connectivity index (χ0n) is 14.9. The fourth-order valence-corrected chi connectivity index (χ4v) is 3.60. The second kappa shape index (κ2) is 7.71. The summed E-state index contributed by atoms with van der Waals surface area (Å²) < 4.78 is 1.24. The van der Waals surface area contributed by atoms with Crippen molar-refractivity contribution in [3.8, 4) is 11.4 Å². The van der Waals surface area contributed by atoms with Crippen LogP contribution in [0.5, 0.6) is 0 Å². The maximum atomic E-state index is 13.1. The Bertz CT molecular complexity index is 1060. The highest BCUT2D eigenvalue weighted by Crippen LogP contribution is 2.25. The summed E-state index contributed by atoms with van der Waals surface area (Å²) >= 11 is 1.10. The molecule has 3 rings (SSSR count). The number of hydrogen-bond acceptors (Lipinski definition) is 5. The topological polar surface area (TPSA) is 101 Å². The maximum absolute atomic E-state index is 13.1. The molecule has 0 saturated heterocycles. The van der Waals surface area contributed by atoms with Crippen molar-refractivity contribution in [1.29, 1.82) is 0 Å². The van der Waals surface area contributed by atoms with Gasteiger partial charge in [0.2, 0.25) is 5.91 Å². The van der Waals surface area contributed by atoms with Gasteiger partial charge in [0.1, 0.15) is 17.2 Å². The van der Waals surface area contributed by atoms with Crippen molar-refractivity contribution in [2.24, 2.45) is 0 Å². The van der Waals surface area contributed by atoms with Gasteiger partial charge >= 0.3 is 5.97 Å². The Kier molecular flexibility index (Phi) is 5.36. The molecule has 0 fully saturated rings. The van der Waals surface area contributed by atoms with Crippen LogP contribution in [0, 0.1) is 0 Å². The molecule has 1 atom stereocenters. The maximum Gasteiger partial charge on any atom is 0.337 e. The summed E-state index contributed by atoms with van der Waals surface area (Å²) in [5.41, 5.74) is 0.0538. The summed E-state index contributed by atoms with van der Waals surface area (Å²) in [5.74, 6) is -1.17. The number of rotatable bonds is 6. The van der Waals surface area contributed by atoms with Gasteiger partial charge in [0.25, 0.3) is 5.56 Å². The first-order chi connectivity index (χ1) is 12.9. The summed E-state index contributed by atoms with van der Waals surface area (Å²) in [6.07, 6.45) is 0.761. The number of thiophene rings is 1. The Morgan fingerprint density at radius 1 is 1.30 bits per heavy atom. The zero-order chi connectivity index (χ0) is 19.6. The number of benzene rings is 1. The lowest BCUT2D eigenvalue weighted by Crippen LogP contribution is -2.38. The highest BCUT2D eigenvalue weighted by atomic mass is 32.1. The van der Waals surface area contributed by atoms with E-state index in [1.807, 2.05) is 32.0 Å². The standard InChI is InChI=1S/C19H19N3O4S/c1-3-11(2)20-14(23)9-22-16(12-7-5-4-6-8-12)21-17-15(18(22)24)13(10-27-17)19(25)26/h4-8,10-11H,3,9H2,1-2H3,(H,20,23)(H,25,26). The van der Waals surface area contributed by atoms with Crippen molar-refractivity contribution in [1.82, 2.24) is 14.9 Å². The number of carbonyl (C=O) groups is 2. The summed E-state index contributed by atoms with van der Waals surface area (Å²) in [5, 5.41) is 13.6. The molecule has 0 aliphatic heterocycles. The molecule has 7 nitrogen and oxygen atoms in total. The van der Waals surface area contributed by atoms with E-state index in [1.54, 1.807) is 12.1 Å². The molecule has 140 valence electrons. The monoisotopic (exact) mass is 385 g/mol. The third-order valence-corrected chi connectivity index (χ3v) is 5.15. The average molecular weight is 385 g/mol. The van der Waals surface area contributed by atoms with Gasteiger partial charge in [0, 0.05) is 17.0 Å². The van der Waals surface area contributed by atoms with E-state index in [2.05, 4.69) is 10.3 Å². The van der Waals surface area contributed by atoms with Crippen LogP contribution in [0.15, 0.2) is 40.5 Å². The summed E-state index contributed by atoms with van der Waals surface area (Å²) in [7, 11) is 0. The smallest absolute Gasteiger partial charge is 0.337 e. The highest BCUT2D eigenvalue weighted by Gasteiger charge is 2.21. The molecule has 0 aliphatic carbocycles. The minimum Gasteiger partial charge on any atom is -0.478 e. The second-order valence-electron chi connectivity index (χ2n) is 6.20. The molecule has 2 aromatic heterocycles. The number of aromatic nitrogens is 2. The lowest BCUT2D eigenvalue weighted by Gasteiger charge is -2.15. The van der Waals surface area contributed by atoms with E-state index in [0.29, 0.717) is 16.2 Å². The number of nitrogens with zero attached hydrogens (tertiary/aromatic N) is 2. The van der Waals surface area contributed by atoms with Crippen molar-refractivity contribution >= 4 is 33.4 Å². The second-order valence-corrected chi connectivity index (χ2v) is 7.06. The van der Waals surface area contributed by atoms with Crippen molar-refractivity contribution in [2.75, 3.05) is 0 Å². The largest absolute Gasteiger partial charge is 0.478 e. The molecule has 2 N–H and O–H groups in total. The van der Waals surface area contributed by atoms with Crippen LogP contribution in [-0.4, -0.2) is 32.6 Å². The lowest BCUT2D eigenvalue weighted by molar-refractivity contribution is -0.122. The van der Waals surface area contributed by atoms with Crippen molar-refractivity contribution in [3.05, 3.63) is 51.6 Å². The van der Waals surface area contributed by atoms with Crippen LogP contribution in [0.2, 0.25) is 0 Å². The molecule has 27 heavy (non-hydrogen) atoms. The molecule has 8 heteroatoms. The minimum atomic E-state index is -1.19. The Balaban J connectivity index is 2.19. The van der Waals surface area contributed by atoms with Gasteiger partial charge in [0.15, 0.2) is 0 Å². The molecule has 3 aromatic rings. The minimum absolute atomic E-state index is 0.0270. The molecule has 1 aromatic carbocycles. The Labute approximate surface area is 159 Å². The van der Waals surface area contributed by atoms with Gasteiger partial charge in [-0.3, -0.25) is 14.2 Å². The third kappa shape index (κ3) is 3.75. The van der Waals surface area contributed by atoms with Crippen LogP contribution in [0.1, 0.15) is 30.6 Å². The molecule has 1 amide bonds. The average Bonchev–Trinajstić information content (AvgIpc) is 3.09. The Hall–Kier alpha value is -3.00. The zero-order valence-corrected chi connectivity index (χ0v) is 15.7. The number of aromatic carboxylic acids is 1. The normalized spacial score (nSPS) is 12.1. The predicted octanol–water partition coefficient (Wildman–Crippen LogP) is 2.74. The fourth-order valence-electron chi connectivity index (χ4n) is 2.70. The number of hydrogen-bond donors (Lipinski definition) is 2. The lowest BCUT2D eigenvalue weighted by atomic mass is 10.2. The number of nitrogens with one attached hydrogen (secondary N) is 1. The first-order valence-corrected chi connectivity index (χ1v) is 9.40. The summed E-state index contributed by atoms with van der Waals surface area (Å²) in [6.45, 7) is 3.59. The van der Waals surface area contributed by atoms with Crippen LogP contribution in [0.4, 0.5) is 0 Å². The van der Waals surface area contributed by atoms with Crippen molar-refractivity contribution in [2.45, 2.75) is 32.9 Å². The van der Waals surface area contributed by atoms with Gasteiger partial charge in [-0.2, -0.15) is 0 Å². The molecule has 2 heterocycles. The first kappa shape index (κ1) is 18.8. The van der Waals surface area contributed by atoms with E-state index >= 15 is 0 Å². The number of fused-ring (bicyclic) bond motifs is 1. The summed E-state index contributed by atoms with van der Waals surface area (Å²) in [6, 6.07) is 9.03. The Morgan fingerprint density at radius 3 is 2.63 bits per heavy atom. The van der Waals surface area contributed by atoms with E-state index < -0.39 is 11.5 Å². The van der Waals surface area contributed by atoms with Crippen molar-refractivity contribution < 1.29 is 14.7 Å². The predicted molar refractivity (Wildman–Crippen MR) is 104 cm³/mol. The number of carboxylic acids is 1. The van der Waals surface area contributed by atoms with Gasteiger partial charge in [-0.15, -0.1) is 11.3 Å². The van der Waals surface area contributed by atoms with E-state index in [9.17, 15) is 19.5 Å². The van der Waals surface area contributed by atoms with Gasteiger partial charge in [0.05, 0.1) is 10.9 Å². The molecule has 0 radical (unpaired) electrons. The third-order valence-electron chi connectivity index (χ3n) is 4.28. The highest BCUT2D eigenvalue weighted by molar-refractivity contribution is 7.17. The first-order valence-electron chi connectivity index (χ1n) is 8.52. The summed E-state index contributed by atoms with van der Waals surface area (Å²) in [4.78, 5) is 41.8. The van der Waals surface area contributed by atoms with Gasteiger partial charge in [-0.1, -0.05) is 37.3 Å². The molecule has 0 saturated carbocycles. The van der Waals surface area contributed by atoms with Crippen LogP contribution < -0.4 is 10.9 Å². The molecule has 0 spiro atoms. The van der Waals surface area contributed by atoms with E-state index in [0.717, 1.165) is 17.8 Å². The Morgan fingerprint density at radius 2 is 2.00 bits per heavy atom. The fraction of sp³-hybridized carbons (Fsp3) is 0.263. The van der Waals surface area contributed by atoms with Crippen LogP contribution in [0.3, 0.4) is 0 Å². The van der Waals surface area contributed by atoms with E-state index in [-0.39, 0.29) is 29.4 Å². The SMILES string of the molecule is CCC(C)NC(=O)Cn1c(-c2ccccc2)nc2scc(C(=O)O)c2c1=O. The molecule has 0 bridgehead atoms. The van der Waals surface area contributed by atoms with Gasteiger partial charge in [-0.05, 0) is 13.3 Å². The van der Waals surface area contributed by atoms with Gasteiger partial charge < -0.3 is 10.4 Å². The number of carboxylic acid groups (broad SMARTS) is 1. The molecule has 0 aliphatic rings. The van der Waals surface area contributed by atoms with Crippen LogP contribution >= 0.6 is 11.3 Å². The molecular weight excluding hydrogens is 366 g/mol. The number of carbonyl (C=O) groups excluding carboxylic acids is 1. The molecule has 1 unspecified atom stereocenters. The van der Waals surface area contributed by atoms with E-state index in [4.69, 9.17) is 0 Å². The van der Waals surface area contributed by atoms with Crippen molar-refractivity contribution in [3.63, 3.8) is 0 Å². The van der Waals surface area contributed by atoms with Gasteiger partial charge in [-0.25, -0.2) is 9.78 Å². The van der Waals surface area contributed by atoms with E-state index in [1.165, 1.54) is 9.95 Å².